The highest BCUT2D eigenvalue weighted by Gasteiger charge is 2.28. The largest absolute Gasteiger partial charge is 0.487 e. The molecule has 1 aliphatic heterocycles. The monoisotopic (exact) mass is 352 g/mol. The van der Waals surface area contributed by atoms with E-state index in [4.69, 9.17) is 4.74 Å². The van der Waals surface area contributed by atoms with Gasteiger partial charge in [0.05, 0.1) is 13.1 Å². The van der Waals surface area contributed by atoms with Crippen LogP contribution in [0.3, 0.4) is 0 Å². The van der Waals surface area contributed by atoms with Crippen LogP contribution in [0.25, 0.3) is 0 Å². The third-order valence-corrected chi connectivity index (χ3v) is 5.85. The molecule has 0 amide bonds. The number of hydrogen-bond donors (Lipinski definition) is 0. The van der Waals surface area contributed by atoms with Gasteiger partial charge in [0.25, 0.3) is 0 Å². The van der Waals surface area contributed by atoms with Gasteiger partial charge in [-0.3, -0.25) is 0 Å². The lowest BCUT2D eigenvalue weighted by Crippen LogP contribution is -2.51. The molecule has 1 fully saturated rings. The highest BCUT2D eigenvalue weighted by atomic mass is 16.5. The second-order valence-corrected chi connectivity index (χ2v) is 7.99. The minimum Gasteiger partial charge on any atom is -0.487 e. The van der Waals surface area contributed by atoms with Crippen molar-refractivity contribution in [3.63, 3.8) is 0 Å². The molecule has 2 aromatic carbocycles. The summed E-state index contributed by atoms with van der Waals surface area (Å²) >= 11 is 0. The van der Waals surface area contributed by atoms with Gasteiger partial charge in [0.15, 0.2) is 0 Å². The zero-order chi connectivity index (χ0) is 18.2. The molecule has 2 aromatic rings. The molecular weight excluding hydrogens is 318 g/mol. The first kappa shape index (κ1) is 19.0. The molecule has 0 unspecified atom stereocenters. The maximum Gasteiger partial charge on any atom is 0.137 e. The SMILES string of the molecule is Cc1cccc(C)c1OCC[N+]1(Cc2ccccc2)CCCCCCC1. The Bertz CT molecular complexity index is 652. The summed E-state index contributed by atoms with van der Waals surface area (Å²) in [6, 6.07) is 17.4. The van der Waals surface area contributed by atoms with Crippen molar-refractivity contribution >= 4 is 0 Å². The quantitative estimate of drug-likeness (QED) is 0.609. The topological polar surface area (TPSA) is 9.23 Å². The van der Waals surface area contributed by atoms with Gasteiger partial charge in [-0.15, -0.1) is 0 Å². The summed E-state index contributed by atoms with van der Waals surface area (Å²) in [6.45, 7) is 9.90. The number of benzene rings is 2. The van der Waals surface area contributed by atoms with Crippen LogP contribution < -0.4 is 4.74 Å². The summed E-state index contributed by atoms with van der Waals surface area (Å²) in [6.07, 6.45) is 6.86. The lowest BCUT2D eigenvalue weighted by molar-refractivity contribution is -0.941. The molecule has 3 rings (SSSR count). The highest BCUT2D eigenvalue weighted by molar-refractivity contribution is 5.39. The lowest BCUT2D eigenvalue weighted by atomic mass is 10.0. The van der Waals surface area contributed by atoms with Crippen molar-refractivity contribution in [2.45, 2.75) is 52.5 Å². The van der Waals surface area contributed by atoms with Gasteiger partial charge in [0, 0.05) is 5.56 Å². The lowest BCUT2D eigenvalue weighted by Gasteiger charge is -2.40. The second-order valence-electron chi connectivity index (χ2n) is 7.99. The molecule has 1 heterocycles. The molecule has 0 N–H and O–H groups in total. The van der Waals surface area contributed by atoms with Gasteiger partial charge < -0.3 is 9.22 Å². The zero-order valence-corrected chi connectivity index (χ0v) is 16.5. The van der Waals surface area contributed by atoms with Crippen LogP contribution in [0.5, 0.6) is 5.75 Å². The van der Waals surface area contributed by atoms with Crippen LogP contribution in [0, 0.1) is 13.8 Å². The van der Waals surface area contributed by atoms with Gasteiger partial charge in [0.2, 0.25) is 0 Å². The molecule has 0 radical (unpaired) electrons. The molecule has 0 bridgehead atoms. The normalized spacial score (nSPS) is 17.3. The van der Waals surface area contributed by atoms with Crippen molar-refractivity contribution in [3.05, 3.63) is 65.2 Å². The molecule has 26 heavy (non-hydrogen) atoms. The summed E-state index contributed by atoms with van der Waals surface area (Å²) in [5.41, 5.74) is 3.94. The van der Waals surface area contributed by atoms with E-state index >= 15 is 0 Å². The third-order valence-electron chi connectivity index (χ3n) is 5.85. The molecule has 1 saturated heterocycles. The van der Waals surface area contributed by atoms with E-state index in [0.717, 1.165) is 25.4 Å². The van der Waals surface area contributed by atoms with E-state index in [9.17, 15) is 0 Å². The molecule has 140 valence electrons. The van der Waals surface area contributed by atoms with Gasteiger partial charge in [-0.05, 0) is 50.7 Å². The zero-order valence-electron chi connectivity index (χ0n) is 16.5. The van der Waals surface area contributed by atoms with Crippen molar-refractivity contribution in [1.29, 1.82) is 0 Å². The highest BCUT2D eigenvalue weighted by Crippen LogP contribution is 2.25. The van der Waals surface area contributed by atoms with Gasteiger partial charge >= 0.3 is 0 Å². The number of aryl methyl sites for hydroxylation is 2. The molecule has 0 aromatic heterocycles. The smallest absolute Gasteiger partial charge is 0.137 e. The van der Waals surface area contributed by atoms with Crippen LogP contribution in [0.4, 0.5) is 0 Å². The number of quaternary nitrogens is 1. The molecule has 0 atom stereocenters. The summed E-state index contributed by atoms with van der Waals surface area (Å²) in [7, 11) is 0. The number of hydrogen-bond acceptors (Lipinski definition) is 1. The molecule has 0 saturated carbocycles. The number of rotatable bonds is 6. The Kier molecular flexibility index (Phi) is 6.73. The van der Waals surface area contributed by atoms with Gasteiger partial charge in [-0.2, -0.15) is 0 Å². The number of ether oxygens (including phenoxy) is 1. The summed E-state index contributed by atoms with van der Waals surface area (Å²) < 4.78 is 7.47. The van der Waals surface area contributed by atoms with Gasteiger partial charge in [-0.1, -0.05) is 55.0 Å². The van der Waals surface area contributed by atoms with E-state index in [0.29, 0.717) is 0 Å². The minimum absolute atomic E-state index is 0.804. The third kappa shape index (κ3) is 5.11. The molecule has 2 heteroatoms. The van der Waals surface area contributed by atoms with Crippen LogP contribution in [-0.2, 0) is 6.54 Å². The Balaban J connectivity index is 1.70. The van der Waals surface area contributed by atoms with Crippen LogP contribution in [0.2, 0.25) is 0 Å². The van der Waals surface area contributed by atoms with E-state index in [1.165, 1.54) is 66.4 Å². The number of likely N-dealkylation sites (tertiary alicyclic amines) is 1. The summed E-state index contributed by atoms with van der Waals surface area (Å²) in [5.74, 6) is 1.08. The average Bonchev–Trinajstić information content (AvgIpc) is 2.62. The van der Waals surface area contributed by atoms with Crippen molar-refractivity contribution < 1.29 is 9.22 Å². The van der Waals surface area contributed by atoms with E-state index in [1.807, 2.05) is 0 Å². The molecular formula is C24H34NO+. The van der Waals surface area contributed by atoms with Crippen LogP contribution in [0.1, 0.15) is 48.8 Å². The molecule has 1 aliphatic rings. The first-order valence-electron chi connectivity index (χ1n) is 10.3. The molecule has 0 spiro atoms. The van der Waals surface area contributed by atoms with Crippen LogP contribution in [0.15, 0.2) is 48.5 Å². The van der Waals surface area contributed by atoms with Crippen molar-refractivity contribution in [2.24, 2.45) is 0 Å². The van der Waals surface area contributed by atoms with Gasteiger partial charge in [-0.25, -0.2) is 0 Å². The van der Waals surface area contributed by atoms with Crippen molar-refractivity contribution in [3.8, 4) is 5.75 Å². The number of para-hydroxylation sites is 1. The van der Waals surface area contributed by atoms with Crippen molar-refractivity contribution in [1.82, 2.24) is 0 Å². The summed E-state index contributed by atoms with van der Waals surface area (Å²) in [4.78, 5) is 0. The fourth-order valence-corrected chi connectivity index (χ4v) is 4.34. The Morgan fingerprint density at radius 1 is 0.769 bits per heavy atom. The van der Waals surface area contributed by atoms with E-state index < -0.39 is 0 Å². The van der Waals surface area contributed by atoms with Gasteiger partial charge in [0.1, 0.15) is 25.4 Å². The average molecular weight is 353 g/mol. The Morgan fingerprint density at radius 3 is 2.04 bits per heavy atom. The first-order valence-corrected chi connectivity index (χ1v) is 10.3. The van der Waals surface area contributed by atoms with E-state index in [2.05, 4.69) is 62.4 Å². The predicted octanol–water partition coefficient (Wildman–Crippen LogP) is 5.66. The molecule has 0 aliphatic carbocycles. The molecule has 2 nitrogen and oxygen atoms in total. The first-order chi connectivity index (χ1) is 12.7. The fraction of sp³-hybridized carbons (Fsp3) is 0.500. The fourth-order valence-electron chi connectivity index (χ4n) is 4.34. The minimum atomic E-state index is 0.804. The van der Waals surface area contributed by atoms with E-state index in [1.54, 1.807) is 0 Å². The van der Waals surface area contributed by atoms with Crippen LogP contribution in [-0.4, -0.2) is 30.7 Å². The Labute approximate surface area is 159 Å². The maximum atomic E-state index is 6.29. The Morgan fingerprint density at radius 2 is 1.38 bits per heavy atom. The Hall–Kier alpha value is -1.80. The predicted molar refractivity (Wildman–Crippen MR) is 110 cm³/mol. The number of nitrogens with zero attached hydrogens (tertiary/aromatic N) is 1. The van der Waals surface area contributed by atoms with E-state index in [-0.39, 0.29) is 0 Å². The second kappa shape index (κ2) is 9.23. The maximum absolute atomic E-state index is 6.29. The van der Waals surface area contributed by atoms with Crippen molar-refractivity contribution in [2.75, 3.05) is 26.2 Å². The summed E-state index contributed by atoms with van der Waals surface area (Å²) in [5, 5.41) is 0. The standard InChI is InChI=1S/C24H34NO/c1-21-12-11-13-22(2)24(21)26-19-18-25(16-9-4-3-5-10-17-25)20-23-14-7-6-8-15-23/h6-8,11-15H,3-5,9-10,16-20H2,1-2H3/q+1. The van der Waals surface area contributed by atoms with Crippen LogP contribution >= 0.6 is 0 Å².